The minimum Gasteiger partial charge on any atom is -0.331 e. The number of halogens is 2. The van der Waals surface area contributed by atoms with Crippen molar-refractivity contribution in [2.45, 2.75) is 57.9 Å². The van der Waals surface area contributed by atoms with Crippen LogP contribution in [0.5, 0.6) is 0 Å². The molecular weight excluding hydrogens is 255 g/mol. The van der Waals surface area contributed by atoms with Crippen LogP contribution in [0.15, 0.2) is 0 Å². The van der Waals surface area contributed by atoms with E-state index in [0.29, 0.717) is 0 Å². The highest BCUT2D eigenvalue weighted by Gasteiger charge is 2.34. The largest absolute Gasteiger partial charge is 0.331 e. The zero-order valence-electron chi connectivity index (χ0n) is 12.1. The molecule has 0 aromatic carbocycles. The van der Waals surface area contributed by atoms with E-state index in [9.17, 15) is 0 Å². The molecule has 2 nitrogen and oxygen atoms in total. The van der Waals surface area contributed by atoms with Gasteiger partial charge in [0.1, 0.15) is 0 Å². The molecule has 0 N–H and O–H groups in total. The summed E-state index contributed by atoms with van der Waals surface area (Å²) in [5, 5.41) is 0. The van der Waals surface area contributed by atoms with Crippen molar-refractivity contribution in [1.82, 2.24) is 3.94 Å². The van der Waals surface area contributed by atoms with Crippen LogP contribution in [0.3, 0.4) is 0 Å². The second-order valence-corrected chi connectivity index (χ2v) is 6.92. The van der Waals surface area contributed by atoms with Gasteiger partial charge in [-0.1, -0.05) is 26.7 Å². The van der Waals surface area contributed by atoms with E-state index in [1.54, 1.807) is 0 Å². The summed E-state index contributed by atoms with van der Waals surface area (Å²) in [5.41, 5.74) is -0.0260. The molecule has 0 bridgehead atoms. The Balaban J connectivity index is 4.45. The first-order chi connectivity index (χ1) is 7.77. The minimum absolute atomic E-state index is 0.0260. The van der Waals surface area contributed by atoms with Crippen LogP contribution in [0, 0.1) is 0 Å². The average molecular weight is 284 g/mol. The van der Waals surface area contributed by atoms with Crippen molar-refractivity contribution < 1.29 is 4.48 Å². The summed E-state index contributed by atoms with van der Waals surface area (Å²) >= 11 is 12.2. The van der Waals surface area contributed by atoms with Crippen molar-refractivity contribution in [3.63, 3.8) is 0 Å². The summed E-state index contributed by atoms with van der Waals surface area (Å²) in [5.74, 6) is 0. The van der Waals surface area contributed by atoms with E-state index in [0.717, 1.165) is 43.1 Å². The molecule has 0 rings (SSSR count). The third-order valence-electron chi connectivity index (χ3n) is 3.26. The molecule has 17 heavy (non-hydrogen) atoms. The molecule has 0 aliphatic heterocycles. The summed E-state index contributed by atoms with van der Waals surface area (Å²) in [6, 6.07) is 0. The lowest BCUT2D eigenvalue weighted by atomic mass is 9.85. The van der Waals surface area contributed by atoms with Crippen molar-refractivity contribution in [2.24, 2.45) is 0 Å². The number of nitrogens with zero attached hydrogens (tertiary/aromatic N) is 2. The van der Waals surface area contributed by atoms with Gasteiger partial charge in [0.25, 0.3) is 0 Å². The second kappa shape index (κ2) is 7.83. The summed E-state index contributed by atoms with van der Waals surface area (Å²) in [4.78, 5) is 0. The molecule has 4 heteroatoms. The monoisotopic (exact) mass is 283 g/mol. The molecule has 0 saturated heterocycles. The Hall–Kier alpha value is 0.500. The highest BCUT2D eigenvalue weighted by molar-refractivity contribution is 6.34. The van der Waals surface area contributed by atoms with E-state index in [-0.39, 0.29) is 5.54 Å². The standard InChI is InChI=1S/C13H29Cl2N2/c1-6-9-13(10-7-2,16(14)15)11-8-12-17(3,4)5/h6-12H2,1-5H3/q+1. The van der Waals surface area contributed by atoms with Crippen LogP contribution >= 0.6 is 23.6 Å². The molecule has 0 aliphatic rings. The zero-order chi connectivity index (χ0) is 13.5. The number of quaternary nitrogens is 1. The molecule has 0 aromatic heterocycles. The van der Waals surface area contributed by atoms with Crippen LogP contribution in [0.2, 0.25) is 0 Å². The third kappa shape index (κ3) is 6.85. The maximum atomic E-state index is 6.10. The maximum Gasteiger partial charge on any atom is 0.0781 e. The molecule has 0 aromatic rings. The van der Waals surface area contributed by atoms with E-state index in [4.69, 9.17) is 23.6 Å². The van der Waals surface area contributed by atoms with Gasteiger partial charge >= 0.3 is 0 Å². The smallest absolute Gasteiger partial charge is 0.0781 e. The van der Waals surface area contributed by atoms with Gasteiger partial charge in [0.2, 0.25) is 0 Å². The Morgan fingerprint density at radius 2 is 1.41 bits per heavy atom. The highest BCUT2D eigenvalue weighted by Crippen LogP contribution is 2.35. The Kier molecular flexibility index (Phi) is 8.06. The predicted molar refractivity (Wildman–Crippen MR) is 78.2 cm³/mol. The second-order valence-electron chi connectivity index (χ2n) is 6.07. The van der Waals surface area contributed by atoms with E-state index in [1.165, 1.54) is 10.4 Å². The molecule has 0 saturated carbocycles. The van der Waals surface area contributed by atoms with Crippen LogP contribution in [-0.2, 0) is 0 Å². The maximum absolute atomic E-state index is 6.10. The van der Waals surface area contributed by atoms with Gasteiger partial charge in [0.15, 0.2) is 0 Å². The normalized spacial score (nSPS) is 13.4. The molecule has 0 atom stereocenters. The SMILES string of the molecule is CCCC(CCC)(CCC[N+](C)(C)C)N(Cl)Cl. The molecular formula is C13H29Cl2N2+. The van der Waals surface area contributed by atoms with Crippen molar-refractivity contribution in [2.75, 3.05) is 27.7 Å². The van der Waals surface area contributed by atoms with Crippen molar-refractivity contribution in [3.05, 3.63) is 0 Å². The fourth-order valence-corrected chi connectivity index (χ4v) is 2.95. The van der Waals surface area contributed by atoms with Crippen molar-refractivity contribution in [1.29, 1.82) is 0 Å². The van der Waals surface area contributed by atoms with Crippen LogP contribution in [0.1, 0.15) is 52.4 Å². The number of hydrogen-bond acceptors (Lipinski definition) is 1. The van der Waals surface area contributed by atoms with Gasteiger partial charge in [-0.2, -0.15) is 0 Å². The fraction of sp³-hybridized carbons (Fsp3) is 1.00. The summed E-state index contributed by atoms with van der Waals surface area (Å²) in [7, 11) is 6.67. The van der Waals surface area contributed by atoms with Crippen LogP contribution in [0.25, 0.3) is 0 Å². The highest BCUT2D eigenvalue weighted by atomic mass is 35.5. The molecule has 0 unspecified atom stereocenters. The van der Waals surface area contributed by atoms with Gasteiger partial charge in [0.05, 0.1) is 33.2 Å². The van der Waals surface area contributed by atoms with Gasteiger partial charge in [-0.05, 0) is 49.2 Å². The lowest BCUT2D eigenvalue weighted by Gasteiger charge is -2.37. The van der Waals surface area contributed by atoms with E-state index in [2.05, 4.69) is 35.0 Å². The number of rotatable bonds is 9. The molecule has 0 fully saturated rings. The van der Waals surface area contributed by atoms with Crippen LogP contribution in [0.4, 0.5) is 0 Å². The zero-order valence-corrected chi connectivity index (χ0v) is 13.6. The van der Waals surface area contributed by atoms with Crippen molar-refractivity contribution in [3.8, 4) is 0 Å². The van der Waals surface area contributed by atoms with E-state index >= 15 is 0 Å². The first kappa shape index (κ1) is 17.5. The van der Waals surface area contributed by atoms with Gasteiger partial charge in [-0.25, -0.2) is 0 Å². The lowest BCUT2D eigenvalue weighted by Crippen LogP contribution is -2.41. The molecule has 0 radical (unpaired) electrons. The summed E-state index contributed by atoms with van der Waals surface area (Å²) < 4.78 is 2.43. The average Bonchev–Trinajstić information content (AvgIpc) is 2.15. The van der Waals surface area contributed by atoms with Gasteiger partial charge in [0, 0.05) is 0 Å². The molecule has 0 heterocycles. The summed E-state index contributed by atoms with van der Waals surface area (Å²) in [6.07, 6.45) is 6.65. The molecule has 0 amide bonds. The van der Waals surface area contributed by atoms with Gasteiger partial charge in [-0.3, -0.25) is 0 Å². The Bertz CT molecular complexity index is 194. The number of hydrogen-bond donors (Lipinski definition) is 0. The Labute approximate surface area is 118 Å². The van der Waals surface area contributed by atoms with Crippen molar-refractivity contribution >= 4 is 23.6 Å². The molecule has 0 spiro atoms. The topological polar surface area (TPSA) is 3.24 Å². The molecule has 104 valence electrons. The molecule has 0 aliphatic carbocycles. The fourth-order valence-electron chi connectivity index (χ4n) is 2.44. The van der Waals surface area contributed by atoms with E-state index < -0.39 is 0 Å². The first-order valence-corrected chi connectivity index (χ1v) is 7.37. The van der Waals surface area contributed by atoms with Crippen LogP contribution in [-0.4, -0.2) is 41.6 Å². The van der Waals surface area contributed by atoms with Gasteiger partial charge in [-0.15, -0.1) is 3.94 Å². The predicted octanol–water partition coefficient (Wildman–Crippen LogP) is 4.42. The first-order valence-electron chi connectivity index (χ1n) is 6.69. The van der Waals surface area contributed by atoms with E-state index in [1.807, 2.05) is 0 Å². The Morgan fingerprint density at radius 1 is 0.941 bits per heavy atom. The summed E-state index contributed by atoms with van der Waals surface area (Å²) in [6.45, 7) is 5.56. The minimum atomic E-state index is -0.0260. The lowest BCUT2D eigenvalue weighted by molar-refractivity contribution is -0.870. The quantitative estimate of drug-likeness (QED) is 0.447. The third-order valence-corrected chi connectivity index (χ3v) is 3.98. The Morgan fingerprint density at radius 3 is 1.71 bits per heavy atom. The van der Waals surface area contributed by atoms with Gasteiger partial charge < -0.3 is 4.48 Å². The van der Waals surface area contributed by atoms with Crippen LogP contribution < -0.4 is 0 Å².